The summed E-state index contributed by atoms with van der Waals surface area (Å²) < 4.78 is 1.03. The quantitative estimate of drug-likeness (QED) is 0.906. The van der Waals surface area contributed by atoms with Crippen molar-refractivity contribution < 1.29 is 4.79 Å². The molecule has 4 nitrogen and oxygen atoms in total. The maximum Gasteiger partial charge on any atom is 0.233 e. The maximum absolute atomic E-state index is 11.1. The van der Waals surface area contributed by atoms with E-state index in [-0.39, 0.29) is 5.91 Å². The molecule has 1 aromatic carbocycles. The number of hydrogen-bond acceptors (Lipinski definition) is 3. The Morgan fingerprint density at radius 1 is 1.39 bits per heavy atom. The molecule has 0 aliphatic rings. The maximum atomic E-state index is 11.1. The van der Waals surface area contributed by atoms with Crippen LogP contribution in [0.4, 0.5) is 0 Å². The average Bonchev–Trinajstić information content (AvgIpc) is 2.41. The Labute approximate surface area is 114 Å². The monoisotopic (exact) mass is 307 g/mol. The van der Waals surface area contributed by atoms with Crippen molar-refractivity contribution in [3.63, 3.8) is 0 Å². The molecule has 0 aliphatic heterocycles. The third-order valence-electron chi connectivity index (χ3n) is 2.68. The standard InChI is InChI=1S/C13H14BrN3O/c1-15-12(18)8-16-7-9-4-5-11(14)10-3-2-6-17-13(9)10/h2-6,16H,7-8H2,1H3,(H,15,18). The van der Waals surface area contributed by atoms with E-state index in [1.54, 1.807) is 13.2 Å². The van der Waals surface area contributed by atoms with E-state index in [4.69, 9.17) is 0 Å². The molecule has 0 unspecified atom stereocenters. The molecule has 0 aliphatic carbocycles. The van der Waals surface area contributed by atoms with Gasteiger partial charge in [0, 0.05) is 29.6 Å². The molecule has 2 aromatic rings. The number of aromatic nitrogens is 1. The number of rotatable bonds is 4. The van der Waals surface area contributed by atoms with Gasteiger partial charge in [-0.15, -0.1) is 0 Å². The van der Waals surface area contributed by atoms with Gasteiger partial charge in [0.25, 0.3) is 0 Å². The Morgan fingerprint density at radius 3 is 3.00 bits per heavy atom. The SMILES string of the molecule is CNC(=O)CNCc1ccc(Br)c2cccnc12. The molecule has 0 spiro atoms. The second-order valence-corrected chi connectivity index (χ2v) is 4.74. The van der Waals surface area contributed by atoms with Gasteiger partial charge in [0.15, 0.2) is 0 Å². The zero-order chi connectivity index (χ0) is 13.0. The number of hydrogen-bond donors (Lipinski definition) is 2. The zero-order valence-corrected chi connectivity index (χ0v) is 11.6. The highest BCUT2D eigenvalue weighted by Crippen LogP contribution is 2.24. The summed E-state index contributed by atoms with van der Waals surface area (Å²) in [6.45, 7) is 0.926. The van der Waals surface area contributed by atoms with E-state index in [0.717, 1.165) is 20.9 Å². The van der Waals surface area contributed by atoms with Crippen LogP contribution in [0, 0.1) is 0 Å². The van der Waals surface area contributed by atoms with E-state index >= 15 is 0 Å². The molecule has 0 fully saturated rings. The Balaban J connectivity index is 2.18. The van der Waals surface area contributed by atoms with Gasteiger partial charge in [-0.25, -0.2) is 0 Å². The van der Waals surface area contributed by atoms with Gasteiger partial charge in [-0.3, -0.25) is 9.78 Å². The lowest BCUT2D eigenvalue weighted by atomic mass is 10.1. The number of nitrogens with one attached hydrogen (secondary N) is 2. The molecule has 0 saturated heterocycles. The highest BCUT2D eigenvalue weighted by Gasteiger charge is 2.05. The molecule has 1 amide bonds. The first kappa shape index (κ1) is 13.0. The summed E-state index contributed by atoms with van der Waals surface area (Å²) in [6.07, 6.45) is 1.77. The van der Waals surface area contributed by atoms with Crippen LogP contribution < -0.4 is 10.6 Å². The Bertz CT molecular complexity index is 571. The summed E-state index contributed by atoms with van der Waals surface area (Å²) in [7, 11) is 1.63. The van der Waals surface area contributed by atoms with Crippen molar-refractivity contribution >= 4 is 32.7 Å². The lowest BCUT2D eigenvalue weighted by Crippen LogP contribution is -2.31. The fourth-order valence-corrected chi connectivity index (χ4v) is 2.19. The summed E-state index contributed by atoms with van der Waals surface area (Å²) in [5.74, 6) is -0.0237. The Kier molecular flexibility index (Phi) is 4.28. The Morgan fingerprint density at radius 2 is 2.22 bits per heavy atom. The largest absolute Gasteiger partial charge is 0.358 e. The van der Waals surface area contributed by atoms with Crippen LogP contribution >= 0.6 is 15.9 Å². The van der Waals surface area contributed by atoms with Crippen molar-refractivity contribution in [1.82, 2.24) is 15.6 Å². The number of amides is 1. The minimum absolute atomic E-state index is 0.0237. The second kappa shape index (κ2) is 5.93. The molecule has 94 valence electrons. The van der Waals surface area contributed by atoms with Gasteiger partial charge < -0.3 is 10.6 Å². The van der Waals surface area contributed by atoms with Crippen LogP contribution in [0.5, 0.6) is 0 Å². The molecular formula is C13H14BrN3O. The van der Waals surface area contributed by atoms with Crippen LogP contribution in [0.15, 0.2) is 34.9 Å². The molecule has 2 N–H and O–H groups in total. The number of carbonyl (C=O) groups is 1. The number of benzene rings is 1. The summed E-state index contributed by atoms with van der Waals surface area (Å²) in [5, 5.41) is 6.75. The second-order valence-electron chi connectivity index (χ2n) is 3.88. The van der Waals surface area contributed by atoms with Gasteiger partial charge in [-0.2, -0.15) is 0 Å². The van der Waals surface area contributed by atoms with Crippen molar-refractivity contribution in [1.29, 1.82) is 0 Å². The minimum Gasteiger partial charge on any atom is -0.358 e. The van der Waals surface area contributed by atoms with Gasteiger partial charge >= 0.3 is 0 Å². The third-order valence-corrected chi connectivity index (χ3v) is 3.37. The fourth-order valence-electron chi connectivity index (χ4n) is 1.74. The number of fused-ring (bicyclic) bond motifs is 1. The fraction of sp³-hybridized carbons (Fsp3) is 0.231. The molecule has 0 atom stereocenters. The highest BCUT2D eigenvalue weighted by atomic mass is 79.9. The van der Waals surface area contributed by atoms with Gasteiger partial charge in [-0.05, 0) is 17.7 Å². The third kappa shape index (κ3) is 2.86. The molecular weight excluding hydrogens is 294 g/mol. The van der Waals surface area contributed by atoms with Crippen LogP contribution in [0.2, 0.25) is 0 Å². The number of carbonyl (C=O) groups excluding carboxylic acids is 1. The van der Waals surface area contributed by atoms with Crippen LogP contribution in [-0.2, 0) is 11.3 Å². The summed E-state index contributed by atoms with van der Waals surface area (Å²) in [5.41, 5.74) is 2.04. The first-order valence-corrected chi connectivity index (χ1v) is 6.45. The van der Waals surface area contributed by atoms with Crippen molar-refractivity contribution in [2.45, 2.75) is 6.54 Å². The van der Waals surface area contributed by atoms with Crippen LogP contribution in [0.3, 0.4) is 0 Å². The molecule has 2 rings (SSSR count). The number of nitrogens with zero attached hydrogens (tertiary/aromatic N) is 1. The lowest BCUT2D eigenvalue weighted by Gasteiger charge is -2.08. The predicted octanol–water partition coefficient (Wildman–Crippen LogP) is 1.83. The summed E-state index contributed by atoms with van der Waals surface area (Å²) in [6, 6.07) is 7.95. The molecule has 1 heterocycles. The molecule has 5 heteroatoms. The molecule has 0 radical (unpaired) electrons. The number of pyridine rings is 1. The molecule has 0 saturated carbocycles. The lowest BCUT2D eigenvalue weighted by molar-refractivity contribution is -0.119. The normalized spacial score (nSPS) is 10.6. The van der Waals surface area contributed by atoms with E-state index < -0.39 is 0 Å². The van der Waals surface area contributed by atoms with Crippen LogP contribution in [0.25, 0.3) is 10.9 Å². The van der Waals surface area contributed by atoms with E-state index in [1.165, 1.54) is 0 Å². The van der Waals surface area contributed by atoms with E-state index in [2.05, 4.69) is 31.5 Å². The smallest absolute Gasteiger partial charge is 0.233 e. The summed E-state index contributed by atoms with van der Waals surface area (Å²) >= 11 is 3.51. The van der Waals surface area contributed by atoms with Gasteiger partial charge in [0.2, 0.25) is 5.91 Å². The first-order valence-electron chi connectivity index (χ1n) is 5.66. The average molecular weight is 308 g/mol. The number of halogens is 1. The molecule has 1 aromatic heterocycles. The highest BCUT2D eigenvalue weighted by molar-refractivity contribution is 9.10. The predicted molar refractivity (Wildman–Crippen MR) is 75.2 cm³/mol. The topological polar surface area (TPSA) is 54.0 Å². The van der Waals surface area contributed by atoms with E-state index in [9.17, 15) is 4.79 Å². The van der Waals surface area contributed by atoms with E-state index in [1.807, 2.05) is 24.3 Å². The van der Waals surface area contributed by atoms with Crippen molar-refractivity contribution in [2.24, 2.45) is 0 Å². The molecule has 18 heavy (non-hydrogen) atoms. The van der Waals surface area contributed by atoms with Crippen molar-refractivity contribution in [3.05, 3.63) is 40.5 Å². The van der Waals surface area contributed by atoms with Gasteiger partial charge in [0.1, 0.15) is 0 Å². The van der Waals surface area contributed by atoms with Crippen LogP contribution in [0.1, 0.15) is 5.56 Å². The van der Waals surface area contributed by atoms with Crippen LogP contribution in [-0.4, -0.2) is 24.5 Å². The number of likely N-dealkylation sites (N-methyl/N-ethyl adjacent to an activating group) is 1. The van der Waals surface area contributed by atoms with Gasteiger partial charge in [-0.1, -0.05) is 28.1 Å². The van der Waals surface area contributed by atoms with E-state index in [0.29, 0.717) is 13.1 Å². The first-order chi connectivity index (χ1) is 8.72. The summed E-state index contributed by atoms with van der Waals surface area (Å²) in [4.78, 5) is 15.5. The van der Waals surface area contributed by atoms with Gasteiger partial charge in [0.05, 0.1) is 12.1 Å². The minimum atomic E-state index is -0.0237. The van der Waals surface area contributed by atoms with Crippen molar-refractivity contribution in [3.8, 4) is 0 Å². The zero-order valence-electron chi connectivity index (χ0n) is 10.0. The Hall–Kier alpha value is -1.46. The van der Waals surface area contributed by atoms with Crippen molar-refractivity contribution in [2.75, 3.05) is 13.6 Å². The molecule has 0 bridgehead atoms.